The Hall–Kier alpha value is -4.14. The number of rotatable bonds is 51. The lowest BCUT2D eigenvalue weighted by atomic mass is 9.68. The van der Waals surface area contributed by atoms with Crippen LogP contribution in [0.1, 0.15) is 60.8 Å². The first-order valence-electron chi connectivity index (χ1n) is 31.9. The number of hydrogen-bond acceptors (Lipinski definition) is 30. The monoisotopic (exact) mass is 1380 g/mol. The van der Waals surface area contributed by atoms with Crippen molar-refractivity contribution in [1.29, 1.82) is 0 Å². The Bertz CT molecular complexity index is 1930. The van der Waals surface area contributed by atoms with Crippen molar-refractivity contribution >= 4 is 35.4 Å². The van der Waals surface area contributed by atoms with Crippen LogP contribution in [-0.4, -0.2) is 352 Å². The van der Waals surface area contributed by atoms with Crippen molar-refractivity contribution in [2.45, 2.75) is 153 Å². The van der Waals surface area contributed by atoms with Crippen molar-refractivity contribution in [1.82, 2.24) is 31.9 Å². The third-order valence-electron chi connectivity index (χ3n) is 15.2. The van der Waals surface area contributed by atoms with E-state index in [2.05, 4.69) is 31.9 Å². The van der Waals surface area contributed by atoms with Gasteiger partial charge in [-0.1, -0.05) is 20.8 Å². The van der Waals surface area contributed by atoms with E-state index in [4.69, 9.17) is 71.1 Å². The predicted octanol–water partition coefficient (Wildman–Crippen LogP) is -7.43. The van der Waals surface area contributed by atoms with Crippen molar-refractivity contribution in [3.8, 4) is 0 Å². The Morgan fingerprint density at radius 2 is 0.589 bits per heavy atom. The van der Waals surface area contributed by atoms with E-state index in [1.54, 1.807) is 0 Å². The molecule has 0 aromatic carbocycles. The second-order valence-electron chi connectivity index (χ2n) is 23.6. The van der Waals surface area contributed by atoms with Gasteiger partial charge in [0.15, 0.2) is 18.9 Å². The maximum Gasteiger partial charge on any atom is 0.222 e. The molecule has 3 fully saturated rings. The first-order chi connectivity index (χ1) is 45.4. The molecule has 3 aliphatic heterocycles. The molecule has 554 valence electrons. The normalized spacial score (nSPS) is 26.9. The maximum absolute atomic E-state index is 12.8. The minimum Gasteiger partial charge on any atom is -0.394 e. The number of ether oxygens (including phenoxy) is 15. The van der Waals surface area contributed by atoms with Crippen molar-refractivity contribution in [2.24, 2.45) is 10.8 Å². The van der Waals surface area contributed by atoms with Gasteiger partial charge in [0.25, 0.3) is 0 Å². The predicted molar refractivity (Wildman–Crippen MR) is 326 cm³/mol. The molecule has 36 heteroatoms. The van der Waals surface area contributed by atoms with Crippen LogP contribution in [0.15, 0.2) is 0 Å². The van der Waals surface area contributed by atoms with E-state index in [-0.39, 0.29) is 195 Å². The number of carbonyl (C=O) groups excluding carboxylic acids is 6. The minimum atomic E-state index is -1.44. The second-order valence-corrected chi connectivity index (χ2v) is 23.6. The van der Waals surface area contributed by atoms with Gasteiger partial charge in [-0.15, -0.1) is 0 Å². The molecule has 15 unspecified atom stereocenters. The zero-order valence-electron chi connectivity index (χ0n) is 55.5. The van der Waals surface area contributed by atoms with Gasteiger partial charge in [0.1, 0.15) is 73.1 Å². The van der Waals surface area contributed by atoms with Crippen LogP contribution in [-0.2, 0) is 99.8 Å². The van der Waals surface area contributed by atoms with E-state index in [0.29, 0.717) is 0 Å². The Morgan fingerprint density at radius 3 is 0.821 bits per heavy atom. The quantitative estimate of drug-likeness (QED) is 0.0252. The largest absolute Gasteiger partial charge is 0.394 e. The smallest absolute Gasteiger partial charge is 0.222 e. The van der Waals surface area contributed by atoms with Gasteiger partial charge in [-0.3, -0.25) is 28.8 Å². The van der Waals surface area contributed by atoms with E-state index in [9.17, 15) is 74.7 Å². The molecule has 0 radical (unpaired) electrons. The molecule has 3 rings (SSSR count). The van der Waals surface area contributed by atoms with Gasteiger partial charge in [0.05, 0.1) is 159 Å². The average molecular weight is 1380 g/mol. The summed E-state index contributed by atoms with van der Waals surface area (Å²) >= 11 is 0. The van der Waals surface area contributed by atoms with Gasteiger partial charge >= 0.3 is 0 Å². The van der Waals surface area contributed by atoms with Gasteiger partial charge in [0.2, 0.25) is 35.4 Å². The Morgan fingerprint density at radius 1 is 0.347 bits per heavy atom. The Balaban J connectivity index is 1.38. The molecule has 36 nitrogen and oxygen atoms in total. The molecule has 3 saturated heterocycles. The van der Waals surface area contributed by atoms with E-state index >= 15 is 0 Å². The number of nitrogens with one attached hydrogen (secondary N) is 6. The summed E-state index contributed by atoms with van der Waals surface area (Å²) in [5.41, 5.74) is -1.37. The number of hydrogen-bond donors (Lipinski definition) is 15. The second kappa shape index (κ2) is 47.8. The summed E-state index contributed by atoms with van der Waals surface area (Å²) in [7, 11) is 0. The molecule has 0 saturated carbocycles. The first kappa shape index (κ1) is 85.1. The first-order valence-corrected chi connectivity index (χ1v) is 31.9. The fourth-order valence-corrected chi connectivity index (χ4v) is 9.60. The molecule has 95 heavy (non-hydrogen) atoms. The molecule has 3 aliphatic rings. The summed E-state index contributed by atoms with van der Waals surface area (Å²) in [6.45, 7) is 10.8. The molecular formula is C59H108N6O30. The molecule has 3 heterocycles. The van der Waals surface area contributed by atoms with E-state index in [0.717, 1.165) is 0 Å². The highest BCUT2D eigenvalue weighted by Gasteiger charge is 2.48. The van der Waals surface area contributed by atoms with Gasteiger partial charge in [-0.25, -0.2) is 0 Å². The molecule has 0 aromatic heterocycles. The summed E-state index contributed by atoms with van der Waals surface area (Å²) in [5.74, 6) is -2.31. The van der Waals surface area contributed by atoms with Crippen LogP contribution >= 0.6 is 0 Å². The Kier molecular flexibility index (Phi) is 42.8. The molecule has 6 amide bonds. The number of aliphatic hydroxyl groups is 9. The van der Waals surface area contributed by atoms with E-state index < -0.39 is 140 Å². The van der Waals surface area contributed by atoms with Crippen LogP contribution in [0, 0.1) is 10.8 Å². The number of carbonyl (C=O) groups is 6. The van der Waals surface area contributed by atoms with Gasteiger partial charge in [-0.05, 0) is 5.41 Å². The van der Waals surface area contributed by atoms with Gasteiger partial charge in [0, 0.05) is 65.1 Å². The molecule has 0 bridgehead atoms. The van der Waals surface area contributed by atoms with Crippen LogP contribution in [0.5, 0.6) is 0 Å². The number of amides is 6. The van der Waals surface area contributed by atoms with Gasteiger partial charge in [-0.2, -0.15) is 0 Å². The zero-order chi connectivity index (χ0) is 70.2. The van der Waals surface area contributed by atoms with Crippen molar-refractivity contribution in [3.05, 3.63) is 0 Å². The molecule has 15 atom stereocenters. The highest BCUT2D eigenvalue weighted by atomic mass is 16.7. The van der Waals surface area contributed by atoms with Crippen molar-refractivity contribution in [3.63, 3.8) is 0 Å². The summed E-state index contributed by atoms with van der Waals surface area (Å²) in [6.07, 6.45) is -15.4. The van der Waals surface area contributed by atoms with Crippen molar-refractivity contribution in [2.75, 3.05) is 178 Å². The average Bonchev–Trinajstić information content (AvgIpc) is 0.840. The van der Waals surface area contributed by atoms with Crippen LogP contribution < -0.4 is 31.9 Å². The third kappa shape index (κ3) is 32.6. The maximum atomic E-state index is 12.8. The van der Waals surface area contributed by atoms with E-state index in [1.165, 1.54) is 20.8 Å². The fraction of sp³-hybridized carbons (Fsp3) is 0.898. The molecule has 0 spiro atoms. The highest BCUT2D eigenvalue weighted by molar-refractivity contribution is 5.77. The summed E-state index contributed by atoms with van der Waals surface area (Å²) in [6, 6.07) is -3.23. The lowest BCUT2D eigenvalue weighted by Gasteiger charge is -2.44. The third-order valence-corrected chi connectivity index (χ3v) is 15.2. The lowest BCUT2D eigenvalue weighted by Crippen LogP contribution is -2.64. The summed E-state index contributed by atoms with van der Waals surface area (Å²) in [4.78, 5) is 73.3. The van der Waals surface area contributed by atoms with E-state index in [1.807, 2.05) is 20.8 Å². The molecule has 0 aromatic rings. The molecule has 15 N–H and O–H groups in total. The minimum absolute atomic E-state index is 0.00380. The highest BCUT2D eigenvalue weighted by Crippen LogP contribution is 2.40. The summed E-state index contributed by atoms with van der Waals surface area (Å²) in [5, 5.41) is 106. The standard InChI is InChI=1S/C59H108N6O30/c1-37(69)63-46-52(78)49(75)40(31-66)93-55(46)90-28-25-84-22-19-81-16-10-60-43(72)7-13-87-34-59(58(4,5)6,35-88-14-8-44(73)61-11-17-82-20-23-85-26-29-91-56-47(64-38(2)70)53(79)50(76)41(32-67)94-56)36-89-15-9-45(74)62-12-18-83-21-24-86-27-30-92-57-48(65-39(3)71)54(80)51(77)42(33-68)95-57/h40-42,46-57,66-68,75-80H,7-36H2,1-6H3,(H,60,72)(H,61,73)(H,62,74)(H,63,69)(H,64,70)(H,65,71). The lowest BCUT2D eigenvalue weighted by molar-refractivity contribution is -0.272. The van der Waals surface area contributed by atoms with Gasteiger partial charge < -0.3 is 149 Å². The van der Waals surface area contributed by atoms with Crippen LogP contribution in [0.2, 0.25) is 0 Å². The fourth-order valence-electron chi connectivity index (χ4n) is 9.60. The SMILES string of the molecule is CC(=O)NC1C(OCCOCCOCCNC(=O)CCOCC(COCCC(=O)NCCOCCOCCOC2OC(CO)C(O)C(O)C2NC(C)=O)(COCCC(=O)NCCOCCOCCOC2OC(CO)C(O)C(O)C2NC(C)=O)C(C)(C)C)OC(CO)C(O)C1O. The molecule has 0 aliphatic carbocycles. The van der Waals surface area contributed by atoms with Crippen LogP contribution in [0.25, 0.3) is 0 Å². The summed E-state index contributed by atoms with van der Waals surface area (Å²) < 4.78 is 85.0. The zero-order valence-corrected chi connectivity index (χ0v) is 55.5. The molecular weight excluding hydrogens is 1270 g/mol. The number of aliphatic hydroxyl groups excluding tert-OH is 9. The van der Waals surface area contributed by atoms with Crippen LogP contribution in [0.3, 0.4) is 0 Å². The topological polar surface area (TPSA) is 495 Å². The van der Waals surface area contributed by atoms with Crippen LogP contribution in [0.4, 0.5) is 0 Å². The Labute approximate surface area is 553 Å². The van der Waals surface area contributed by atoms with Crippen molar-refractivity contribution < 1.29 is 146 Å².